The highest BCUT2D eigenvalue weighted by molar-refractivity contribution is 9.09. The van der Waals surface area contributed by atoms with Crippen LogP contribution in [-0.2, 0) is 0 Å². The second-order valence-corrected chi connectivity index (χ2v) is 5.25. The van der Waals surface area contributed by atoms with Crippen LogP contribution < -0.4 is 4.90 Å². The molecule has 1 saturated heterocycles. The summed E-state index contributed by atoms with van der Waals surface area (Å²) >= 11 is 9.26. The highest BCUT2D eigenvalue weighted by atomic mass is 79.9. The monoisotopic (exact) mass is 303 g/mol. The molecule has 1 aromatic heterocycles. The summed E-state index contributed by atoms with van der Waals surface area (Å²) in [7, 11) is 0. The number of hydrogen-bond donors (Lipinski definition) is 0. The van der Waals surface area contributed by atoms with Crippen LogP contribution in [-0.4, -0.2) is 27.9 Å². The molecule has 2 rings (SSSR count). The smallest absolute Gasteiger partial charge is 0.225 e. The third kappa shape index (κ3) is 2.86. The largest absolute Gasteiger partial charge is 0.338 e. The van der Waals surface area contributed by atoms with Crippen LogP contribution in [0.3, 0.4) is 0 Å². The molecule has 1 aliphatic heterocycles. The second-order valence-electron chi connectivity index (χ2n) is 4.02. The van der Waals surface area contributed by atoms with Crippen molar-refractivity contribution in [3.63, 3.8) is 0 Å². The highest BCUT2D eigenvalue weighted by Gasteiger charge is 2.25. The Balaban J connectivity index is 2.04. The summed E-state index contributed by atoms with van der Waals surface area (Å²) in [6, 6.07) is 0.596. The van der Waals surface area contributed by atoms with E-state index in [2.05, 4.69) is 30.8 Å². The number of nitrogens with zero attached hydrogens (tertiary/aromatic N) is 3. The zero-order valence-corrected chi connectivity index (χ0v) is 11.4. The zero-order chi connectivity index (χ0) is 11.4. The summed E-state index contributed by atoms with van der Waals surface area (Å²) in [5.41, 5.74) is 0. The Morgan fingerprint density at radius 1 is 1.44 bits per heavy atom. The van der Waals surface area contributed by atoms with Gasteiger partial charge in [-0.3, -0.25) is 0 Å². The van der Waals surface area contributed by atoms with E-state index in [-0.39, 0.29) is 0 Å². The van der Waals surface area contributed by atoms with Gasteiger partial charge in [-0.2, -0.15) is 0 Å². The number of anilines is 1. The molecule has 16 heavy (non-hydrogen) atoms. The van der Waals surface area contributed by atoms with Crippen LogP contribution in [0.15, 0.2) is 12.4 Å². The quantitative estimate of drug-likeness (QED) is 0.799. The minimum Gasteiger partial charge on any atom is -0.338 e. The number of rotatable bonds is 4. The van der Waals surface area contributed by atoms with E-state index in [4.69, 9.17) is 11.6 Å². The van der Waals surface area contributed by atoms with Crippen molar-refractivity contribution in [3.8, 4) is 0 Å². The Hall–Kier alpha value is -0.350. The average molecular weight is 305 g/mol. The first-order valence-corrected chi connectivity index (χ1v) is 7.11. The van der Waals surface area contributed by atoms with Crippen LogP contribution in [0.4, 0.5) is 5.95 Å². The molecule has 0 spiro atoms. The van der Waals surface area contributed by atoms with Crippen LogP contribution in [0.5, 0.6) is 0 Å². The number of aromatic nitrogens is 2. The van der Waals surface area contributed by atoms with Crippen molar-refractivity contribution in [2.24, 2.45) is 0 Å². The Bertz CT molecular complexity index is 331. The fourth-order valence-electron chi connectivity index (χ4n) is 2.17. The molecule has 0 radical (unpaired) electrons. The fourth-order valence-corrected chi connectivity index (χ4v) is 2.59. The third-order valence-corrected chi connectivity index (χ3v) is 3.67. The summed E-state index contributed by atoms with van der Waals surface area (Å²) in [5, 5.41) is 1.67. The molecule has 2 heterocycles. The molecule has 0 N–H and O–H groups in total. The number of halogens is 2. The van der Waals surface area contributed by atoms with E-state index >= 15 is 0 Å². The topological polar surface area (TPSA) is 29.0 Å². The first kappa shape index (κ1) is 12.1. The maximum absolute atomic E-state index is 5.79. The Morgan fingerprint density at radius 3 is 2.88 bits per heavy atom. The Labute approximate surface area is 109 Å². The van der Waals surface area contributed by atoms with E-state index in [1.54, 1.807) is 12.4 Å². The number of hydrogen-bond acceptors (Lipinski definition) is 3. The SMILES string of the molecule is Clc1cnc(N2CCCC2CCCBr)nc1. The lowest BCUT2D eigenvalue weighted by atomic mass is 10.1. The van der Waals surface area contributed by atoms with Crippen molar-refractivity contribution < 1.29 is 0 Å². The molecule has 1 fully saturated rings. The van der Waals surface area contributed by atoms with Gasteiger partial charge in [-0.15, -0.1) is 0 Å². The lowest BCUT2D eigenvalue weighted by Crippen LogP contribution is -2.30. The molecule has 0 amide bonds. The Kier molecular flexibility index (Phi) is 4.41. The van der Waals surface area contributed by atoms with Gasteiger partial charge in [0.1, 0.15) is 0 Å². The molecule has 0 saturated carbocycles. The van der Waals surface area contributed by atoms with Crippen LogP contribution in [0.25, 0.3) is 0 Å². The van der Waals surface area contributed by atoms with E-state index in [9.17, 15) is 0 Å². The normalized spacial score (nSPS) is 20.4. The second kappa shape index (κ2) is 5.82. The summed E-state index contributed by atoms with van der Waals surface area (Å²) in [4.78, 5) is 10.9. The van der Waals surface area contributed by atoms with Gasteiger partial charge in [-0.05, 0) is 25.7 Å². The van der Waals surface area contributed by atoms with Gasteiger partial charge in [-0.25, -0.2) is 9.97 Å². The first-order valence-electron chi connectivity index (χ1n) is 5.61. The molecule has 0 aliphatic carbocycles. The Morgan fingerprint density at radius 2 is 2.19 bits per heavy atom. The van der Waals surface area contributed by atoms with E-state index in [0.717, 1.165) is 17.8 Å². The summed E-state index contributed by atoms with van der Waals surface area (Å²) in [6.45, 7) is 1.06. The standard InChI is InChI=1S/C11H15BrClN3/c12-5-1-3-10-4-2-6-16(10)11-14-7-9(13)8-15-11/h7-8,10H,1-6H2. The molecule has 1 atom stereocenters. The molecule has 1 aromatic rings. The van der Waals surface area contributed by atoms with E-state index in [1.807, 2.05) is 0 Å². The van der Waals surface area contributed by atoms with Gasteiger partial charge in [0.2, 0.25) is 5.95 Å². The van der Waals surface area contributed by atoms with Crippen LogP contribution in [0.1, 0.15) is 25.7 Å². The molecule has 0 aromatic carbocycles. The first-order chi connectivity index (χ1) is 7.81. The fraction of sp³-hybridized carbons (Fsp3) is 0.636. The lowest BCUT2D eigenvalue weighted by Gasteiger charge is -2.24. The molecule has 3 nitrogen and oxygen atoms in total. The molecule has 0 bridgehead atoms. The predicted octanol–water partition coefficient (Wildman–Crippen LogP) is 3.27. The molecule has 1 aliphatic rings. The van der Waals surface area contributed by atoms with Crippen molar-refractivity contribution in [3.05, 3.63) is 17.4 Å². The van der Waals surface area contributed by atoms with Crippen molar-refractivity contribution >= 4 is 33.5 Å². The molecule has 5 heteroatoms. The molecule has 1 unspecified atom stereocenters. The zero-order valence-electron chi connectivity index (χ0n) is 9.07. The van der Waals surface area contributed by atoms with Gasteiger partial charge >= 0.3 is 0 Å². The van der Waals surface area contributed by atoms with Crippen LogP contribution in [0.2, 0.25) is 5.02 Å². The van der Waals surface area contributed by atoms with Gasteiger partial charge in [0.05, 0.1) is 17.4 Å². The predicted molar refractivity (Wildman–Crippen MR) is 70.4 cm³/mol. The molecular formula is C11H15BrClN3. The minimum absolute atomic E-state index is 0.596. The maximum Gasteiger partial charge on any atom is 0.225 e. The van der Waals surface area contributed by atoms with E-state index in [1.165, 1.54) is 25.7 Å². The summed E-state index contributed by atoms with van der Waals surface area (Å²) in [6.07, 6.45) is 8.23. The molecular weight excluding hydrogens is 289 g/mol. The van der Waals surface area contributed by atoms with E-state index < -0.39 is 0 Å². The van der Waals surface area contributed by atoms with Gasteiger partial charge in [0, 0.05) is 17.9 Å². The van der Waals surface area contributed by atoms with Crippen molar-refractivity contribution in [2.75, 3.05) is 16.8 Å². The van der Waals surface area contributed by atoms with Crippen molar-refractivity contribution in [1.29, 1.82) is 0 Å². The molecule has 88 valence electrons. The third-order valence-electron chi connectivity index (χ3n) is 2.91. The van der Waals surface area contributed by atoms with Crippen molar-refractivity contribution in [1.82, 2.24) is 9.97 Å². The average Bonchev–Trinajstić information content (AvgIpc) is 2.75. The minimum atomic E-state index is 0.596. The summed E-state index contributed by atoms with van der Waals surface area (Å²) < 4.78 is 0. The van der Waals surface area contributed by atoms with E-state index in [0.29, 0.717) is 11.1 Å². The van der Waals surface area contributed by atoms with Gasteiger partial charge in [0.15, 0.2) is 0 Å². The number of alkyl halides is 1. The lowest BCUT2D eigenvalue weighted by molar-refractivity contribution is 0.596. The van der Waals surface area contributed by atoms with Crippen LogP contribution >= 0.6 is 27.5 Å². The van der Waals surface area contributed by atoms with Gasteiger partial charge < -0.3 is 4.90 Å². The van der Waals surface area contributed by atoms with Crippen LogP contribution in [0, 0.1) is 0 Å². The van der Waals surface area contributed by atoms with Gasteiger partial charge in [0.25, 0.3) is 0 Å². The van der Waals surface area contributed by atoms with Crippen molar-refractivity contribution in [2.45, 2.75) is 31.7 Å². The highest BCUT2D eigenvalue weighted by Crippen LogP contribution is 2.25. The summed E-state index contributed by atoms with van der Waals surface area (Å²) in [5.74, 6) is 0.821. The maximum atomic E-state index is 5.79. The van der Waals surface area contributed by atoms with Gasteiger partial charge in [-0.1, -0.05) is 27.5 Å².